The number of aromatic nitrogens is 2. The lowest BCUT2D eigenvalue weighted by Gasteiger charge is -2.02. The second kappa shape index (κ2) is 4.54. The Hall–Kier alpha value is -2.21. The van der Waals surface area contributed by atoms with E-state index >= 15 is 0 Å². The van der Waals surface area contributed by atoms with E-state index in [2.05, 4.69) is 16.0 Å². The molecule has 0 aliphatic heterocycles. The summed E-state index contributed by atoms with van der Waals surface area (Å²) < 4.78 is 0. The topological polar surface area (TPSA) is 49.6 Å². The molecule has 0 saturated heterocycles. The van der Waals surface area contributed by atoms with Crippen LogP contribution in [0.2, 0.25) is 0 Å². The molecule has 1 aromatic carbocycles. The van der Waals surface area contributed by atoms with Crippen molar-refractivity contribution >= 4 is 0 Å². The van der Waals surface area contributed by atoms with Gasteiger partial charge in [-0.1, -0.05) is 23.8 Å². The molecule has 0 atom stereocenters. The second-order valence-electron chi connectivity index (χ2n) is 3.56. The lowest BCUT2D eigenvalue weighted by atomic mass is 10.1. The zero-order valence-electron chi connectivity index (χ0n) is 9.01. The van der Waals surface area contributed by atoms with Crippen molar-refractivity contribution in [2.75, 3.05) is 0 Å². The minimum atomic E-state index is 0.250. The van der Waals surface area contributed by atoms with Crippen LogP contribution in [0.15, 0.2) is 36.5 Å². The van der Waals surface area contributed by atoms with Gasteiger partial charge in [-0.15, -0.1) is 0 Å². The van der Waals surface area contributed by atoms with E-state index in [-0.39, 0.29) is 6.42 Å². The summed E-state index contributed by atoms with van der Waals surface area (Å²) in [5.41, 5.74) is 3.11. The lowest BCUT2D eigenvalue weighted by Crippen LogP contribution is -1.94. The standard InChI is InChI=1S/C13H11N3/c1-10-3-2-4-11(9-10)12-6-8-15-13(16-12)5-7-14/h2-4,6,8-9H,5H2,1H3. The summed E-state index contributed by atoms with van der Waals surface area (Å²) in [6.07, 6.45) is 1.94. The van der Waals surface area contributed by atoms with E-state index < -0.39 is 0 Å². The van der Waals surface area contributed by atoms with E-state index in [9.17, 15) is 0 Å². The fourth-order valence-corrected chi connectivity index (χ4v) is 1.52. The van der Waals surface area contributed by atoms with Crippen molar-refractivity contribution in [3.05, 3.63) is 47.9 Å². The molecule has 2 aromatic rings. The van der Waals surface area contributed by atoms with E-state index in [0.717, 1.165) is 11.3 Å². The molecule has 0 spiro atoms. The molecular formula is C13H11N3. The fourth-order valence-electron chi connectivity index (χ4n) is 1.52. The molecule has 0 fully saturated rings. The molecule has 3 nitrogen and oxygen atoms in total. The molecule has 1 aromatic heterocycles. The number of hydrogen-bond acceptors (Lipinski definition) is 3. The van der Waals surface area contributed by atoms with Crippen molar-refractivity contribution in [2.24, 2.45) is 0 Å². The number of aryl methyl sites for hydroxylation is 1. The van der Waals surface area contributed by atoms with Crippen LogP contribution in [0.5, 0.6) is 0 Å². The van der Waals surface area contributed by atoms with Gasteiger partial charge in [0.25, 0.3) is 0 Å². The Morgan fingerprint density at radius 3 is 2.94 bits per heavy atom. The van der Waals surface area contributed by atoms with Crippen molar-refractivity contribution < 1.29 is 0 Å². The summed E-state index contributed by atoms with van der Waals surface area (Å²) in [6, 6.07) is 12.0. The van der Waals surface area contributed by atoms with Crippen LogP contribution in [0.4, 0.5) is 0 Å². The zero-order chi connectivity index (χ0) is 11.4. The summed E-state index contributed by atoms with van der Waals surface area (Å²) in [6.45, 7) is 2.04. The summed E-state index contributed by atoms with van der Waals surface area (Å²) >= 11 is 0. The highest BCUT2D eigenvalue weighted by atomic mass is 14.9. The van der Waals surface area contributed by atoms with Crippen LogP contribution in [0.3, 0.4) is 0 Å². The first-order valence-electron chi connectivity index (χ1n) is 5.05. The molecule has 0 radical (unpaired) electrons. The maximum atomic E-state index is 8.60. The maximum absolute atomic E-state index is 8.60. The Balaban J connectivity index is 2.41. The third kappa shape index (κ3) is 2.23. The minimum absolute atomic E-state index is 0.250. The van der Waals surface area contributed by atoms with Gasteiger partial charge in [-0.25, -0.2) is 9.97 Å². The molecular weight excluding hydrogens is 198 g/mol. The molecule has 0 N–H and O–H groups in total. The molecule has 16 heavy (non-hydrogen) atoms. The Kier molecular flexibility index (Phi) is 2.93. The monoisotopic (exact) mass is 209 g/mol. The first-order valence-corrected chi connectivity index (χ1v) is 5.05. The zero-order valence-corrected chi connectivity index (χ0v) is 9.01. The molecule has 0 aliphatic rings. The number of hydrogen-bond donors (Lipinski definition) is 0. The van der Waals surface area contributed by atoms with Gasteiger partial charge in [-0.3, -0.25) is 0 Å². The van der Waals surface area contributed by atoms with E-state index in [4.69, 9.17) is 5.26 Å². The molecule has 0 saturated carbocycles. The Morgan fingerprint density at radius 2 is 2.19 bits per heavy atom. The van der Waals surface area contributed by atoms with Gasteiger partial charge >= 0.3 is 0 Å². The van der Waals surface area contributed by atoms with Crippen molar-refractivity contribution in [3.8, 4) is 17.3 Å². The lowest BCUT2D eigenvalue weighted by molar-refractivity contribution is 0.999. The predicted octanol–water partition coefficient (Wildman–Crippen LogP) is 2.52. The average molecular weight is 209 g/mol. The van der Waals surface area contributed by atoms with Crippen LogP contribution in [-0.2, 0) is 6.42 Å². The van der Waals surface area contributed by atoms with Gasteiger partial charge in [-0.05, 0) is 19.1 Å². The highest BCUT2D eigenvalue weighted by Crippen LogP contribution is 2.17. The smallest absolute Gasteiger partial charge is 0.142 e. The summed E-state index contributed by atoms with van der Waals surface area (Å²) in [4.78, 5) is 8.38. The Bertz CT molecular complexity index is 541. The minimum Gasteiger partial charge on any atom is -0.240 e. The highest BCUT2D eigenvalue weighted by molar-refractivity contribution is 5.59. The molecule has 0 unspecified atom stereocenters. The third-order valence-electron chi connectivity index (χ3n) is 2.26. The van der Waals surface area contributed by atoms with Crippen LogP contribution in [0.1, 0.15) is 11.4 Å². The van der Waals surface area contributed by atoms with E-state index in [1.165, 1.54) is 5.56 Å². The van der Waals surface area contributed by atoms with Gasteiger partial charge in [-0.2, -0.15) is 5.26 Å². The quantitative estimate of drug-likeness (QED) is 0.763. The van der Waals surface area contributed by atoms with Crippen molar-refractivity contribution in [3.63, 3.8) is 0 Å². The average Bonchev–Trinajstić information content (AvgIpc) is 2.30. The normalized spacial score (nSPS) is 9.75. The molecule has 1 heterocycles. The van der Waals surface area contributed by atoms with Crippen LogP contribution in [0, 0.1) is 18.3 Å². The molecule has 78 valence electrons. The first kappa shape index (κ1) is 10.3. The van der Waals surface area contributed by atoms with Gasteiger partial charge in [0.15, 0.2) is 0 Å². The van der Waals surface area contributed by atoms with Crippen LogP contribution < -0.4 is 0 Å². The third-order valence-corrected chi connectivity index (χ3v) is 2.26. The van der Waals surface area contributed by atoms with Crippen LogP contribution >= 0.6 is 0 Å². The molecule has 2 rings (SSSR count). The van der Waals surface area contributed by atoms with Crippen molar-refractivity contribution in [1.29, 1.82) is 5.26 Å². The van der Waals surface area contributed by atoms with Gasteiger partial charge < -0.3 is 0 Å². The van der Waals surface area contributed by atoms with Crippen LogP contribution in [-0.4, -0.2) is 9.97 Å². The number of rotatable bonds is 2. The fraction of sp³-hybridized carbons (Fsp3) is 0.154. The largest absolute Gasteiger partial charge is 0.240 e. The van der Waals surface area contributed by atoms with E-state index in [1.54, 1.807) is 6.20 Å². The van der Waals surface area contributed by atoms with Gasteiger partial charge in [0.2, 0.25) is 0 Å². The summed E-state index contributed by atoms with van der Waals surface area (Å²) in [5, 5.41) is 8.60. The van der Waals surface area contributed by atoms with Gasteiger partial charge in [0.1, 0.15) is 5.82 Å². The van der Waals surface area contributed by atoms with E-state index in [0.29, 0.717) is 5.82 Å². The Morgan fingerprint density at radius 1 is 1.31 bits per heavy atom. The maximum Gasteiger partial charge on any atom is 0.142 e. The van der Waals surface area contributed by atoms with Gasteiger partial charge in [0, 0.05) is 11.8 Å². The molecule has 0 aliphatic carbocycles. The Labute approximate surface area is 94.4 Å². The van der Waals surface area contributed by atoms with E-state index in [1.807, 2.05) is 37.3 Å². The number of nitriles is 1. The molecule has 0 amide bonds. The van der Waals surface area contributed by atoms with Crippen molar-refractivity contribution in [1.82, 2.24) is 9.97 Å². The van der Waals surface area contributed by atoms with Crippen LogP contribution in [0.25, 0.3) is 11.3 Å². The van der Waals surface area contributed by atoms with Gasteiger partial charge in [0.05, 0.1) is 18.2 Å². The number of benzene rings is 1. The molecule has 0 bridgehead atoms. The SMILES string of the molecule is Cc1cccc(-c2ccnc(CC#N)n2)c1. The summed E-state index contributed by atoms with van der Waals surface area (Å²) in [5.74, 6) is 0.571. The number of nitrogens with zero attached hydrogens (tertiary/aromatic N) is 3. The highest BCUT2D eigenvalue weighted by Gasteiger charge is 2.01. The second-order valence-corrected chi connectivity index (χ2v) is 3.56. The first-order chi connectivity index (χ1) is 7.79. The van der Waals surface area contributed by atoms with Crippen molar-refractivity contribution in [2.45, 2.75) is 13.3 Å². The predicted molar refractivity (Wildman–Crippen MR) is 61.5 cm³/mol. The summed E-state index contributed by atoms with van der Waals surface area (Å²) in [7, 11) is 0. The molecule has 3 heteroatoms.